The number of halogens is 1. The number of sulfonamides is 1. The maximum Gasteiger partial charge on any atom is 0.243 e. The highest BCUT2D eigenvalue weighted by molar-refractivity contribution is 7.89. The Labute approximate surface area is 186 Å². The minimum absolute atomic E-state index is 0.0189. The Balaban J connectivity index is 1.45. The average Bonchev–Trinajstić information content (AvgIpc) is 3.12. The molecule has 2 amide bonds. The molecule has 0 atom stereocenters. The second kappa shape index (κ2) is 9.25. The molecule has 0 aliphatic carbocycles. The lowest BCUT2D eigenvalue weighted by atomic mass is 10.2. The number of para-hydroxylation sites is 2. The third kappa shape index (κ3) is 4.61. The van der Waals surface area contributed by atoms with E-state index in [4.69, 9.17) is 4.74 Å². The van der Waals surface area contributed by atoms with Gasteiger partial charge in [0.05, 0.1) is 23.6 Å². The number of benzene rings is 2. The topological polar surface area (TPSA) is 87.2 Å². The van der Waals surface area contributed by atoms with Gasteiger partial charge in [-0.3, -0.25) is 14.5 Å². The Bertz CT molecular complexity index is 1110. The zero-order valence-corrected chi connectivity index (χ0v) is 18.3. The van der Waals surface area contributed by atoms with Gasteiger partial charge in [-0.25, -0.2) is 12.8 Å². The standard InChI is InChI=1S/C22H24FN3O5S/c23-17-6-8-18(9-7-17)32(29,30)25-12-3-11-24(13-14-25)22(28)16-26-19-4-1-2-5-20(19)31-15-10-21(26)27/h1-2,4-9H,3,10-16H2. The number of rotatable bonds is 4. The fraction of sp³-hybridized carbons (Fsp3) is 0.364. The zero-order chi connectivity index (χ0) is 22.7. The molecule has 2 aliphatic heterocycles. The van der Waals surface area contributed by atoms with Crippen LogP contribution in [0, 0.1) is 5.82 Å². The van der Waals surface area contributed by atoms with Crippen molar-refractivity contribution in [2.24, 2.45) is 0 Å². The molecule has 0 N–H and O–H groups in total. The van der Waals surface area contributed by atoms with E-state index in [0.717, 1.165) is 12.1 Å². The Hall–Kier alpha value is -2.98. The van der Waals surface area contributed by atoms with Crippen LogP contribution in [0.25, 0.3) is 0 Å². The third-order valence-electron chi connectivity index (χ3n) is 5.58. The molecule has 2 heterocycles. The van der Waals surface area contributed by atoms with Gasteiger partial charge in [0.2, 0.25) is 21.8 Å². The summed E-state index contributed by atoms with van der Waals surface area (Å²) in [6.45, 7) is 1.08. The maximum atomic E-state index is 13.2. The van der Waals surface area contributed by atoms with Gasteiger partial charge in [-0.15, -0.1) is 0 Å². The largest absolute Gasteiger partial charge is 0.491 e. The van der Waals surface area contributed by atoms with Crippen molar-refractivity contribution in [3.8, 4) is 5.75 Å². The van der Waals surface area contributed by atoms with Crippen LogP contribution in [0.1, 0.15) is 12.8 Å². The van der Waals surface area contributed by atoms with Gasteiger partial charge in [-0.1, -0.05) is 12.1 Å². The fourth-order valence-electron chi connectivity index (χ4n) is 3.87. The highest BCUT2D eigenvalue weighted by Crippen LogP contribution is 2.31. The number of carbonyl (C=O) groups is 2. The zero-order valence-electron chi connectivity index (χ0n) is 17.4. The van der Waals surface area contributed by atoms with E-state index in [0.29, 0.717) is 24.4 Å². The molecule has 0 radical (unpaired) electrons. The van der Waals surface area contributed by atoms with E-state index in [2.05, 4.69) is 0 Å². The molecular formula is C22H24FN3O5S. The lowest BCUT2D eigenvalue weighted by Gasteiger charge is -2.26. The van der Waals surface area contributed by atoms with E-state index in [1.54, 1.807) is 29.2 Å². The van der Waals surface area contributed by atoms with Crippen molar-refractivity contribution in [2.45, 2.75) is 17.7 Å². The first kappa shape index (κ1) is 22.2. The van der Waals surface area contributed by atoms with Crippen molar-refractivity contribution >= 4 is 27.5 Å². The molecule has 0 unspecified atom stereocenters. The Morgan fingerprint density at radius 1 is 1.00 bits per heavy atom. The van der Waals surface area contributed by atoms with E-state index >= 15 is 0 Å². The normalized spacial score (nSPS) is 17.8. The van der Waals surface area contributed by atoms with Crippen LogP contribution in [0.2, 0.25) is 0 Å². The van der Waals surface area contributed by atoms with Crippen molar-refractivity contribution in [2.75, 3.05) is 44.2 Å². The summed E-state index contributed by atoms with van der Waals surface area (Å²) < 4.78 is 45.9. The van der Waals surface area contributed by atoms with Crippen LogP contribution in [-0.2, 0) is 19.6 Å². The van der Waals surface area contributed by atoms with Crippen LogP contribution in [0.4, 0.5) is 10.1 Å². The predicted molar refractivity (Wildman–Crippen MR) is 115 cm³/mol. The van der Waals surface area contributed by atoms with Crippen molar-refractivity contribution in [3.63, 3.8) is 0 Å². The summed E-state index contributed by atoms with van der Waals surface area (Å²) in [5, 5.41) is 0. The number of carbonyl (C=O) groups excluding carboxylic acids is 2. The van der Waals surface area contributed by atoms with E-state index in [1.807, 2.05) is 0 Å². The number of amides is 2. The summed E-state index contributed by atoms with van der Waals surface area (Å²) in [5.41, 5.74) is 0.554. The number of nitrogens with zero attached hydrogens (tertiary/aromatic N) is 3. The average molecular weight is 462 g/mol. The van der Waals surface area contributed by atoms with Gasteiger partial charge >= 0.3 is 0 Å². The lowest BCUT2D eigenvalue weighted by molar-refractivity contribution is -0.131. The summed E-state index contributed by atoms with van der Waals surface area (Å²) in [5.74, 6) is -0.403. The number of anilines is 1. The van der Waals surface area contributed by atoms with Gasteiger partial charge in [0, 0.05) is 26.2 Å². The molecule has 1 saturated heterocycles. The SMILES string of the molecule is O=C(CN1C(=O)CCOc2ccccc21)N1CCCN(S(=O)(=O)c2ccc(F)cc2)CC1. The van der Waals surface area contributed by atoms with Crippen LogP contribution in [-0.4, -0.2) is 68.8 Å². The van der Waals surface area contributed by atoms with E-state index < -0.39 is 15.8 Å². The number of fused-ring (bicyclic) bond motifs is 1. The molecule has 1 fully saturated rings. The second-order valence-corrected chi connectivity index (χ2v) is 9.58. The molecule has 4 rings (SSSR count). The summed E-state index contributed by atoms with van der Waals surface area (Å²) in [4.78, 5) is 28.7. The summed E-state index contributed by atoms with van der Waals surface area (Å²) in [6.07, 6.45) is 0.630. The molecule has 2 aliphatic rings. The minimum Gasteiger partial charge on any atom is -0.491 e. The first-order chi connectivity index (χ1) is 15.4. The minimum atomic E-state index is -3.78. The van der Waals surface area contributed by atoms with Gasteiger partial charge in [-0.2, -0.15) is 4.31 Å². The molecule has 8 nitrogen and oxygen atoms in total. The first-order valence-electron chi connectivity index (χ1n) is 10.4. The van der Waals surface area contributed by atoms with Crippen LogP contribution < -0.4 is 9.64 Å². The van der Waals surface area contributed by atoms with E-state index in [-0.39, 0.29) is 55.9 Å². The van der Waals surface area contributed by atoms with Crippen LogP contribution in [0.3, 0.4) is 0 Å². The van der Waals surface area contributed by atoms with Crippen LogP contribution >= 0.6 is 0 Å². The van der Waals surface area contributed by atoms with E-state index in [1.165, 1.54) is 21.3 Å². The van der Waals surface area contributed by atoms with Crippen molar-refractivity contribution in [1.82, 2.24) is 9.21 Å². The van der Waals surface area contributed by atoms with Crippen molar-refractivity contribution < 1.29 is 27.1 Å². The third-order valence-corrected chi connectivity index (χ3v) is 7.50. The molecule has 2 aromatic carbocycles. The van der Waals surface area contributed by atoms with E-state index in [9.17, 15) is 22.4 Å². The highest BCUT2D eigenvalue weighted by Gasteiger charge is 2.31. The number of ether oxygens (including phenoxy) is 1. The Morgan fingerprint density at radius 3 is 2.53 bits per heavy atom. The Kier molecular flexibility index (Phi) is 6.43. The molecule has 0 aromatic heterocycles. The fourth-order valence-corrected chi connectivity index (χ4v) is 5.34. The summed E-state index contributed by atoms with van der Waals surface area (Å²) in [6, 6.07) is 11.8. The maximum absolute atomic E-state index is 13.2. The highest BCUT2D eigenvalue weighted by atomic mass is 32.2. The van der Waals surface area contributed by atoms with Crippen LogP contribution in [0.15, 0.2) is 53.4 Å². The smallest absolute Gasteiger partial charge is 0.243 e. The molecule has 170 valence electrons. The molecule has 2 aromatic rings. The van der Waals surface area contributed by atoms with Crippen molar-refractivity contribution in [3.05, 3.63) is 54.3 Å². The number of hydrogen-bond donors (Lipinski definition) is 0. The van der Waals surface area contributed by atoms with Gasteiger partial charge in [-0.05, 0) is 42.8 Å². The van der Waals surface area contributed by atoms with Crippen molar-refractivity contribution in [1.29, 1.82) is 0 Å². The number of hydrogen-bond acceptors (Lipinski definition) is 5. The Morgan fingerprint density at radius 2 is 1.75 bits per heavy atom. The summed E-state index contributed by atoms with van der Waals surface area (Å²) >= 11 is 0. The predicted octanol–water partition coefficient (Wildman–Crippen LogP) is 1.86. The molecule has 0 bridgehead atoms. The molecule has 32 heavy (non-hydrogen) atoms. The monoisotopic (exact) mass is 461 g/mol. The van der Waals surface area contributed by atoms with Gasteiger partial charge in [0.25, 0.3) is 0 Å². The molecule has 10 heteroatoms. The quantitative estimate of drug-likeness (QED) is 0.694. The van der Waals surface area contributed by atoms with Crippen LogP contribution in [0.5, 0.6) is 5.75 Å². The lowest BCUT2D eigenvalue weighted by Crippen LogP contribution is -2.44. The molecule has 0 saturated carbocycles. The van der Waals surface area contributed by atoms with Gasteiger partial charge < -0.3 is 9.64 Å². The second-order valence-electron chi connectivity index (χ2n) is 7.64. The molecular weight excluding hydrogens is 437 g/mol. The molecule has 0 spiro atoms. The first-order valence-corrected chi connectivity index (χ1v) is 11.9. The van der Waals surface area contributed by atoms with Gasteiger partial charge in [0.1, 0.15) is 18.1 Å². The summed E-state index contributed by atoms with van der Waals surface area (Å²) in [7, 11) is -3.78. The van der Waals surface area contributed by atoms with Gasteiger partial charge in [0.15, 0.2) is 0 Å².